The summed E-state index contributed by atoms with van der Waals surface area (Å²) in [4.78, 5) is 15.5. The van der Waals surface area contributed by atoms with Gasteiger partial charge in [0.1, 0.15) is 0 Å². The lowest BCUT2D eigenvalue weighted by atomic mass is 9.84. The molecule has 2 saturated heterocycles. The normalized spacial score (nSPS) is 30.1. The number of fused-ring (bicyclic) bond motifs is 2. The summed E-state index contributed by atoms with van der Waals surface area (Å²) >= 11 is 1.97. The number of ketones is 1. The van der Waals surface area contributed by atoms with E-state index in [1.165, 1.54) is 12.5 Å². The second-order valence-electron chi connectivity index (χ2n) is 5.32. The smallest absolute Gasteiger partial charge is 0.226 e. The number of pyridine rings is 1. The third kappa shape index (κ3) is 2.66. The SMILES string of the molecule is O=C(c1ccc(F)nc1F)C1CC2CCCC(C1)S2. The van der Waals surface area contributed by atoms with Crippen LogP contribution in [0.15, 0.2) is 12.1 Å². The molecule has 3 heterocycles. The average molecular weight is 283 g/mol. The first kappa shape index (κ1) is 13.0. The molecule has 0 spiro atoms. The van der Waals surface area contributed by atoms with E-state index in [-0.39, 0.29) is 17.3 Å². The van der Waals surface area contributed by atoms with Crippen molar-refractivity contribution in [2.45, 2.75) is 42.6 Å². The molecule has 2 aliphatic rings. The van der Waals surface area contributed by atoms with Gasteiger partial charge in [-0.3, -0.25) is 4.79 Å². The van der Waals surface area contributed by atoms with Crippen LogP contribution in [0.1, 0.15) is 42.5 Å². The predicted octanol–water partition coefficient (Wildman–Crippen LogP) is 3.61. The van der Waals surface area contributed by atoms with Crippen LogP contribution in [-0.2, 0) is 0 Å². The van der Waals surface area contributed by atoms with Crippen molar-refractivity contribution in [3.8, 4) is 0 Å². The van der Waals surface area contributed by atoms with Crippen molar-refractivity contribution < 1.29 is 13.6 Å². The number of carbonyl (C=O) groups is 1. The summed E-state index contributed by atoms with van der Waals surface area (Å²) in [5.74, 6) is -2.20. The van der Waals surface area contributed by atoms with Gasteiger partial charge in [-0.2, -0.15) is 25.5 Å². The number of rotatable bonds is 2. The maximum atomic E-state index is 13.6. The summed E-state index contributed by atoms with van der Waals surface area (Å²) < 4.78 is 26.3. The Balaban J connectivity index is 1.80. The van der Waals surface area contributed by atoms with Crippen LogP contribution in [0.3, 0.4) is 0 Å². The molecular weight excluding hydrogens is 268 g/mol. The molecule has 0 radical (unpaired) electrons. The van der Waals surface area contributed by atoms with Crippen LogP contribution in [0.2, 0.25) is 0 Å². The summed E-state index contributed by atoms with van der Waals surface area (Å²) in [6.45, 7) is 0. The first-order valence-corrected chi connectivity index (χ1v) is 7.59. The summed E-state index contributed by atoms with van der Waals surface area (Å²) in [6.07, 6.45) is 5.16. The zero-order valence-corrected chi connectivity index (χ0v) is 11.3. The Labute approximate surface area is 115 Å². The highest BCUT2D eigenvalue weighted by Crippen LogP contribution is 2.44. The van der Waals surface area contributed by atoms with Gasteiger partial charge in [-0.1, -0.05) is 6.42 Å². The van der Waals surface area contributed by atoms with Crippen molar-refractivity contribution >= 4 is 17.5 Å². The first-order chi connectivity index (χ1) is 9.13. The molecule has 2 aliphatic heterocycles. The number of thioether (sulfide) groups is 1. The number of halogens is 2. The fraction of sp³-hybridized carbons (Fsp3) is 0.571. The molecule has 102 valence electrons. The van der Waals surface area contributed by atoms with Gasteiger partial charge in [0.25, 0.3) is 0 Å². The monoisotopic (exact) mass is 283 g/mol. The molecule has 2 nitrogen and oxygen atoms in total. The summed E-state index contributed by atoms with van der Waals surface area (Å²) in [6, 6.07) is 2.27. The Hall–Kier alpha value is -0.970. The van der Waals surface area contributed by atoms with Crippen molar-refractivity contribution in [2.75, 3.05) is 0 Å². The Kier molecular flexibility index (Phi) is 3.56. The number of aromatic nitrogens is 1. The molecule has 0 aromatic carbocycles. The number of nitrogens with zero attached hydrogens (tertiary/aromatic N) is 1. The van der Waals surface area contributed by atoms with E-state index in [0.29, 0.717) is 10.5 Å². The standard InChI is InChI=1S/C14H15F2NOS/c15-12-5-4-11(14(16)17-12)13(18)8-6-9-2-1-3-10(7-8)19-9/h4-5,8-10H,1-3,6-7H2. The molecule has 0 amide bonds. The zero-order chi connectivity index (χ0) is 13.4. The van der Waals surface area contributed by atoms with E-state index in [0.717, 1.165) is 31.7 Å². The maximum Gasteiger partial charge on any atom is 0.226 e. The van der Waals surface area contributed by atoms with Gasteiger partial charge < -0.3 is 0 Å². The lowest BCUT2D eigenvalue weighted by Crippen LogP contribution is -2.33. The number of Topliss-reactive ketones (excluding diaryl/α,β-unsaturated/α-hetero) is 1. The van der Waals surface area contributed by atoms with Crippen LogP contribution in [0, 0.1) is 17.8 Å². The van der Waals surface area contributed by atoms with E-state index in [4.69, 9.17) is 0 Å². The molecule has 3 rings (SSSR count). The fourth-order valence-corrected chi connectivity index (χ4v) is 4.93. The molecule has 2 atom stereocenters. The van der Waals surface area contributed by atoms with Gasteiger partial charge in [0.15, 0.2) is 5.78 Å². The molecule has 19 heavy (non-hydrogen) atoms. The summed E-state index contributed by atoms with van der Waals surface area (Å²) in [5, 5.41) is 1.05. The second-order valence-corrected chi connectivity index (χ2v) is 6.92. The van der Waals surface area contributed by atoms with E-state index in [9.17, 15) is 13.6 Å². The van der Waals surface area contributed by atoms with Gasteiger partial charge in [0.2, 0.25) is 11.9 Å². The van der Waals surface area contributed by atoms with Crippen LogP contribution >= 0.6 is 11.8 Å². The topological polar surface area (TPSA) is 30.0 Å². The summed E-state index contributed by atoms with van der Waals surface area (Å²) in [5.41, 5.74) is -0.0589. The van der Waals surface area contributed by atoms with Crippen LogP contribution < -0.4 is 0 Å². The third-order valence-electron chi connectivity index (χ3n) is 3.98. The van der Waals surface area contributed by atoms with Crippen molar-refractivity contribution in [2.24, 2.45) is 5.92 Å². The van der Waals surface area contributed by atoms with E-state index in [2.05, 4.69) is 4.98 Å². The minimum absolute atomic E-state index is 0.0589. The minimum atomic E-state index is -0.978. The molecular formula is C14H15F2NOS. The quantitative estimate of drug-likeness (QED) is 0.613. The van der Waals surface area contributed by atoms with Crippen LogP contribution in [-0.4, -0.2) is 21.3 Å². The first-order valence-electron chi connectivity index (χ1n) is 6.65. The highest BCUT2D eigenvalue weighted by Gasteiger charge is 2.36. The fourth-order valence-electron chi connectivity index (χ4n) is 3.09. The molecule has 2 unspecified atom stereocenters. The Morgan fingerprint density at radius 3 is 2.53 bits per heavy atom. The van der Waals surface area contributed by atoms with Gasteiger partial charge in [-0.25, -0.2) is 0 Å². The molecule has 0 aliphatic carbocycles. The summed E-state index contributed by atoms with van der Waals surface area (Å²) in [7, 11) is 0. The Morgan fingerprint density at radius 1 is 1.21 bits per heavy atom. The third-order valence-corrected chi connectivity index (χ3v) is 5.61. The molecule has 0 saturated carbocycles. The van der Waals surface area contributed by atoms with Gasteiger partial charge in [-0.05, 0) is 37.8 Å². The molecule has 1 aromatic heterocycles. The van der Waals surface area contributed by atoms with Gasteiger partial charge in [-0.15, -0.1) is 0 Å². The van der Waals surface area contributed by atoms with E-state index in [1.54, 1.807) is 0 Å². The number of hydrogen-bond donors (Lipinski definition) is 0. The van der Waals surface area contributed by atoms with Crippen molar-refractivity contribution in [1.29, 1.82) is 0 Å². The molecule has 2 fully saturated rings. The van der Waals surface area contributed by atoms with E-state index < -0.39 is 11.9 Å². The predicted molar refractivity (Wildman–Crippen MR) is 70.2 cm³/mol. The highest BCUT2D eigenvalue weighted by atomic mass is 32.2. The second kappa shape index (κ2) is 5.19. The van der Waals surface area contributed by atoms with Gasteiger partial charge in [0, 0.05) is 16.4 Å². The molecule has 1 aromatic rings. The number of carbonyl (C=O) groups excluding carboxylic acids is 1. The van der Waals surface area contributed by atoms with Gasteiger partial charge in [0.05, 0.1) is 5.56 Å². The Morgan fingerprint density at radius 2 is 1.89 bits per heavy atom. The lowest BCUT2D eigenvalue weighted by molar-refractivity contribution is 0.0891. The molecule has 2 bridgehead atoms. The van der Waals surface area contributed by atoms with Crippen molar-refractivity contribution in [3.63, 3.8) is 0 Å². The van der Waals surface area contributed by atoms with Gasteiger partial charge >= 0.3 is 0 Å². The van der Waals surface area contributed by atoms with Crippen LogP contribution in [0.25, 0.3) is 0 Å². The maximum absolute atomic E-state index is 13.6. The van der Waals surface area contributed by atoms with Crippen molar-refractivity contribution in [3.05, 3.63) is 29.6 Å². The average Bonchev–Trinajstić information content (AvgIpc) is 2.37. The molecule has 0 N–H and O–H groups in total. The highest BCUT2D eigenvalue weighted by molar-refractivity contribution is 8.00. The number of hydrogen-bond acceptors (Lipinski definition) is 3. The van der Waals surface area contributed by atoms with Crippen molar-refractivity contribution in [1.82, 2.24) is 4.98 Å². The van der Waals surface area contributed by atoms with Crippen LogP contribution in [0.5, 0.6) is 0 Å². The lowest BCUT2D eigenvalue weighted by Gasteiger charge is -2.37. The van der Waals surface area contributed by atoms with E-state index in [1.807, 2.05) is 11.8 Å². The van der Waals surface area contributed by atoms with Crippen LogP contribution in [0.4, 0.5) is 8.78 Å². The molecule has 5 heteroatoms. The zero-order valence-electron chi connectivity index (χ0n) is 10.4. The Bertz CT molecular complexity index is 496. The largest absolute Gasteiger partial charge is 0.294 e. The minimum Gasteiger partial charge on any atom is -0.294 e. The van der Waals surface area contributed by atoms with E-state index >= 15 is 0 Å².